The van der Waals surface area contributed by atoms with Gasteiger partial charge in [0.15, 0.2) is 0 Å². The van der Waals surface area contributed by atoms with E-state index in [-0.39, 0.29) is 18.4 Å². The lowest BCUT2D eigenvalue weighted by atomic mass is 10.1. The number of fused-ring (bicyclic) bond motifs is 1. The monoisotopic (exact) mass is 457 g/mol. The minimum atomic E-state index is -0.730. The van der Waals surface area contributed by atoms with Gasteiger partial charge >= 0.3 is 0 Å². The zero-order valence-electron chi connectivity index (χ0n) is 19.0. The van der Waals surface area contributed by atoms with Crippen LogP contribution >= 0.6 is 0 Å². The van der Waals surface area contributed by atoms with Crippen LogP contribution in [0.2, 0.25) is 0 Å². The summed E-state index contributed by atoms with van der Waals surface area (Å²) in [6.45, 7) is 1.03. The van der Waals surface area contributed by atoms with Crippen LogP contribution in [0, 0.1) is 0 Å². The SMILES string of the molecule is COc1ccc(N2C[C@@H](c3nc4ccccc4n3C[C@@H](O)COc3ccccc3)CC2=O)cc1. The number of carbonyl (C=O) groups is 1. The number of ether oxygens (including phenoxy) is 2. The van der Waals surface area contributed by atoms with E-state index in [0.717, 1.165) is 28.3 Å². The zero-order valence-corrected chi connectivity index (χ0v) is 19.0. The summed E-state index contributed by atoms with van der Waals surface area (Å²) in [6, 6.07) is 24.8. The Bertz CT molecular complexity index is 1270. The first kappa shape index (κ1) is 22.0. The molecule has 0 spiro atoms. The van der Waals surface area contributed by atoms with Crippen molar-refractivity contribution >= 4 is 22.6 Å². The molecule has 0 aliphatic carbocycles. The van der Waals surface area contributed by atoms with Crippen LogP contribution in [0.25, 0.3) is 11.0 Å². The Balaban J connectivity index is 1.37. The van der Waals surface area contributed by atoms with Crippen LogP contribution < -0.4 is 14.4 Å². The molecule has 7 heteroatoms. The molecule has 2 atom stereocenters. The second kappa shape index (κ2) is 9.57. The van der Waals surface area contributed by atoms with Crippen molar-refractivity contribution in [2.75, 3.05) is 25.2 Å². The van der Waals surface area contributed by atoms with Gasteiger partial charge in [-0.3, -0.25) is 4.79 Å². The molecule has 5 rings (SSSR count). The number of para-hydroxylation sites is 3. The van der Waals surface area contributed by atoms with Gasteiger partial charge in [0.05, 0.1) is 24.7 Å². The van der Waals surface area contributed by atoms with Gasteiger partial charge in [-0.1, -0.05) is 30.3 Å². The van der Waals surface area contributed by atoms with Gasteiger partial charge in [0, 0.05) is 24.6 Å². The molecule has 0 saturated carbocycles. The van der Waals surface area contributed by atoms with E-state index in [1.54, 1.807) is 12.0 Å². The van der Waals surface area contributed by atoms with Gasteiger partial charge in [0.1, 0.15) is 30.0 Å². The molecule has 1 amide bonds. The summed E-state index contributed by atoms with van der Waals surface area (Å²) >= 11 is 0. The maximum absolute atomic E-state index is 12.9. The molecule has 3 aromatic carbocycles. The van der Waals surface area contributed by atoms with Gasteiger partial charge in [-0.15, -0.1) is 0 Å². The summed E-state index contributed by atoms with van der Waals surface area (Å²) in [5.74, 6) is 2.25. The molecular formula is C27H27N3O4. The van der Waals surface area contributed by atoms with Gasteiger partial charge in [0.2, 0.25) is 5.91 Å². The predicted octanol–water partition coefficient (Wildman–Crippen LogP) is 4.01. The molecule has 2 heterocycles. The summed E-state index contributed by atoms with van der Waals surface area (Å²) in [4.78, 5) is 19.6. The largest absolute Gasteiger partial charge is 0.497 e. The van der Waals surface area contributed by atoms with Crippen molar-refractivity contribution in [2.24, 2.45) is 0 Å². The number of aliphatic hydroxyl groups excluding tert-OH is 1. The number of amides is 1. The molecule has 1 aliphatic heterocycles. The Morgan fingerprint density at radius 1 is 1.00 bits per heavy atom. The van der Waals surface area contributed by atoms with Crippen molar-refractivity contribution in [1.82, 2.24) is 9.55 Å². The summed E-state index contributed by atoms with van der Waals surface area (Å²) in [6.07, 6.45) is -0.363. The van der Waals surface area contributed by atoms with Crippen LogP contribution in [0.15, 0.2) is 78.9 Å². The Kier molecular flexibility index (Phi) is 6.18. The number of aliphatic hydroxyl groups is 1. The van der Waals surface area contributed by atoms with E-state index in [0.29, 0.717) is 25.3 Å². The number of anilines is 1. The summed E-state index contributed by atoms with van der Waals surface area (Å²) < 4.78 is 13.0. The molecule has 1 aliphatic rings. The molecule has 34 heavy (non-hydrogen) atoms. The summed E-state index contributed by atoms with van der Waals surface area (Å²) in [5.41, 5.74) is 2.63. The molecule has 0 radical (unpaired) electrons. The van der Waals surface area contributed by atoms with Gasteiger partial charge < -0.3 is 24.0 Å². The normalized spacial score (nSPS) is 16.7. The molecule has 7 nitrogen and oxygen atoms in total. The van der Waals surface area contributed by atoms with Gasteiger partial charge in [0.25, 0.3) is 0 Å². The maximum atomic E-state index is 12.9. The quantitative estimate of drug-likeness (QED) is 0.433. The number of rotatable bonds is 8. The first-order valence-electron chi connectivity index (χ1n) is 11.4. The Morgan fingerprint density at radius 2 is 1.74 bits per heavy atom. The highest BCUT2D eigenvalue weighted by molar-refractivity contribution is 5.96. The number of benzene rings is 3. The Morgan fingerprint density at radius 3 is 2.50 bits per heavy atom. The molecular weight excluding hydrogens is 430 g/mol. The average molecular weight is 458 g/mol. The lowest BCUT2D eigenvalue weighted by Crippen LogP contribution is -2.26. The molecule has 1 aromatic heterocycles. The van der Waals surface area contributed by atoms with Gasteiger partial charge in [-0.25, -0.2) is 4.98 Å². The second-order valence-corrected chi connectivity index (χ2v) is 8.45. The van der Waals surface area contributed by atoms with E-state index in [2.05, 4.69) is 0 Å². The second-order valence-electron chi connectivity index (χ2n) is 8.45. The minimum absolute atomic E-state index is 0.0572. The highest BCUT2D eigenvalue weighted by atomic mass is 16.5. The fourth-order valence-electron chi connectivity index (χ4n) is 4.46. The van der Waals surface area contributed by atoms with E-state index in [1.807, 2.05) is 83.4 Å². The third kappa shape index (κ3) is 4.47. The van der Waals surface area contributed by atoms with E-state index in [1.165, 1.54) is 0 Å². The molecule has 1 N–H and O–H groups in total. The predicted molar refractivity (Wildman–Crippen MR) is 130 cm³/mol. The third-order valence-electron chi connectivity index (χ3n) is 6.14. The van der Waals surface area contributed by atoms with Crippen molar-refractivity contribution in [3.63, 3.8) is 0 Å². The van der Waals surface area contributed by atoms with Crippen LogP contribution in [0.5, 0.6) is 11.5 Å². The fourth-order valence-corrected chi connectivity index (χ4v) is 4.46. The topological polar surface area (TPSA) is 76.8 Å². The molecule has 1 fully saturated rings. The first-order chi connectivity index (χ1) is 16.6. The van der Waals surface area contributed by atoms with E-state index < -0.39 is 6.10 Å². The summed E-state index contributed by atoms with van der Waals surface area (Å²) in [7, 11) is 1.62. The Hall–Kier alpha value is -3.84. The number of carbonyl (C=O) groups excluding carboxylic acids is 1. The number of aromatic nitrogens is 2. The highest BCUT2D eigenvalue weighted by Crippen LogP contribution is 2.34. The summed E-state index contributed by atoms with van der Waals surface area (Å²) in [5, 5.41) is 10.8. The Labute approximate surface area is 198 Å². The van der Waals surface area contributed by atoms with Crippen molar-refractivity contribution in [1.29, 1.82) is 0 Å². The maximum Gasteiger partial charge on any atom is 0.227 e. The van der Waals surface area contributed by atoms with Gasteiger partial charge in [-0.2, -0.15) is 0 Å². The molecule has 4 aromatic rings. The van der Waals surface area contributed by atoms with Crippen molar-refractivity contribution in [2.45, 2.75) is 25.0 Å². The van der Waals surface area contributed by atoms with Crippen LogP contribution in [0.3, 0.4) is 0 Å². The number of nitrogens with zero attached hydrogens (tertiary/aromatic N) is 3. The minimum Gasteiger partial charge on any atom is -0.497 e. The standard InChI is InChI=1S/C27H27N3O4/c1-33-22-13-11-20(12-14-22)29-16-19(15-26(29)32)27-28-24-9-5-6-10-25(24)30(27)17-21(31)18-34-23-7-3-2-4-8-23/h2-14,19,21,31H,15-18H2,1H3/t19-,21+/m0/s1. The van der Waals surface area contributed by atoms with Crippen molar-refractivity contribution < 1.29 is 19.4 Å². The van der Waals surface area contributed by atoms with E-state index in [9.17, 15) is 9.90 Å². The molecule has 174 valence electrons. The average Bonchev–Trinajstić information content (AvgIpc) is 3.44. The lowest BCUT2D eigenvalue weighted by Gasteiger charge is -2.19. The third-order valence-corrected chi connectivity index (χ3v) is 6.14. The number of hydrogen-bond donors (Lipinski definition) is 1. The smallest absolute Gasteiger partial charge is 0.227 e. The number of methoxy groups -OCH3 is 1. The lowest BCUT2D eigenvalue weighted by molar-refractivity contribution is -0.117. The number of hydrogen-bond acceptors (Lipinski definition) is 5. The van der Waals surface area contributed by atoms with Crippen molar-refractivity contribution in [3.05, 3.63) is 84.7 Å². The molecule has 0 bridgehead atoms. The van der Waals surface area contributed by atoms with Crippen LogP contribution in [0.4, 0.5) is 5.69 Å². The van der Waals surface area contributed by atoms with Crippen LogP contribution in [-0.4, -0.2) is 46.9 Å². The van der Waals surface area contributed by atoms with Crippen molar-refractivity contribution in [3.8, 4) is 11.5 Å². The molecule has 1 saturated heterocycles. The van der Waals surface area contributed by atoms with E-state index >= 15 is 0 Å². The fraction of sp³-hybridized carbons (Fsp3) is 0.259. The zero-order chi connectivity index (χ0) is 23.5. The first-order valence-corrected chi connectivity index (χ1v) is 11.4. The highest BCUT2D eigenvalue weighted by Gasteiger charge is 2.35. The van der Waals surface area contributed by atoms with Crippen LogP contribution in [0.1, 0.15) is 18.2 Å². The van der Waals surface area contributed by atoms with Crippen LogP contribution in [-0.2, 0) is 11.3 Å². The van der Waals surface area contributed by atoms with Gasteiger partial charge in [-0.05, 0) is 48.5 Å². The van der Waals surface area contributed by atoms with E-state index in [4.69, 9.17) is 14.5 Å². The number of imidazole rings is 1. The molecule has 0 unspecified atom stereocenters.